The molecule has 126 valence electrons. The zero-order chi connectivity index (χ0) is 17.0. The van der Waals surface area contributed by atoms with Crippen LogP contribution in [0.1, 0.15) is 29.6 Å². The normalized spacial score (nSPS) is 18.5. The van der Waals surface area contributed by atoms with Gasteiger partial charge in [-0.15, -0.1) is 0 Å². The van der Waals surface area contributed by atoms with E-state index in [9.17, 15) is 18.0 Å². The highest BCUT2D eigenvalue weighted by Crippen LogP contribution is 2.21. The molecule has 0 radical (unpaired) electrons. The molecular formula is C15H21N3O4S. The van der Waals surface area contributed by atoms with Gasteiger partial charge in [-0.3, -0.25) is 9.59 Å². The van der Waals surface area contributed by atoms with Crippen LogP contribution in [0.25, 0.3) is 0 Å². The Morgan fingerprint density at radius 1 is 1.22 bits per heavy atom. The van der Waals surface area contributed by atoms with Gasteiger partial charge < -0.3 is 10.2 Å². The summed E-state index contributed by atoms with van der Waals surface area (Å²) in [6.07, 6.45) is 2.32. The second-order valence-electron chi connectivity index (χ2n) is 5.36. The van der Waals surface area contributed by atoms with Gasteiger partial charge in [0, 0.05) is 19.2 Å². The molecule has 1 unspecified atom stereocenters. The Bertz CT molecular complexity index is 702. The average Bonchev–Trinajstić information content (AvgIpc) is 2.60. The largest absolute Gasteiger partial charge is 0.357 e. The Morgan fingerprint density at radius 3 is 2.61 bits per heavy atom. The standard InChI is InChI=1S/C15H21N3O4S/c1-16-14(19)13-8-3-4-9-18(13)15(20)11-6-5-7-12(10-11)23(21,22)17-2/h5-7,10,13,17H,3-4,8-9H2,1-2H3,(H,16,19). The van der Waals surface area contributed by atoms with Crippen molar-refractivity contribution in [1.29, 1.82) is 0 Å². The summed E-state index contributed by atoms with van der Waals surface area (Å²) in [5.74, 6) is -0.525. The maximum absolute atomic E-state index is 12.7. The monoisotopic (exact) mass is 339 g/mol. The number of carbonyl (C=O) groups is 2. The average molecular weight is 339 g/mol. The SMILES string of the molecule is CNC(=O)C1CCCCN1C(=O)c1cccc(S(=O)(=O)NC)c1. The summed E-state index contributed by atoms with van der Waals surface area (Å²) in [6, 6.07) is 5.34. The van der Waals surface area contributed by atoms with Crippen LogP contribution >= 0.6 is 0 Å². The molecular weight excluding hydrogens is 318 g/mol. The molecule has 1 aliphatic heterocycles. The predicted molar refractivity (Wildman–Crippen MR) is 85.4 cm³/mol. The summed E-state index contributed by atoms with van der Waals surface area (Å²) in [6.45, 7) is 0.486. The number of hydrogen-bond donors (Lipinski definition) is 2. The minimum atomic E-state index is -3.62. The minimum absolute atomic E-state index is 0.0272. The smallest absolute Gasteiger partial charge is 0.254 e. The van der Waals surface area contributed by atoms with Crippen molar-refractivity contribution in [3.05, 3.63) is 29.8 Å². The molecule has 1 aromatic carbocycles. The Balaban J connectivity index is 2.32. The van der Waals surface area contributed by atoms with Crippen molar-refractivity contribution in [3.8, 4) is 0 Å². The number of nitrogens with one attached hydrogen (secondary N) is 2. The van der Waals surface area contributed by atoms with Crippen LogP contribution in [0.3, 0.4) is 0 Å². The van der Waals surface area contributed by atoms with Crippen molar-refractivity contribution in [2.45, 2.75) is 30.2 Å². The summed E-state index contributed by atoms with van der Waals surface area (Å²) in [4.78, 5) is 26.3. The van der Waals surface area contributed by atoms with Gasteiger partial charge in [0.1, 0.15) is 6.04 Å². The van der Waals surface area contributed by atoms with Gasteiger partial charge in [-0.05, 0) is 44.5 Å². The molecule has 1 saturated heterocycles. The van der Waals surface area contributed by atoms with Gasteiger partial charge in [-0.2, -0.15) is 0 Å². The fraction of sp³-hybridized carbons (Fsp3) is 0.467. The van der Waals surface area contributed by atoms with Crippen LogP contribution in [-0.4, -0.2) is 51.8 Å². The third-order valence-corrected chi connectivity index (χ3v) is 5.38. The van der Waals surface area contributed by atoms with E-state index in [-0.39, 0.29) is 22.3 Å². The summed E-state index contributed by atoms with van der Waals surface area (Å²) >= 11 is 0. The first-order valence-corrected chi connectivity index (χ1v) is 8.95. The molecule has 1 atom stereocenters. The van der Waals surface area contributed by atoms with E-state index in [0.29, 0.717) is 13.0 Å². The number of hydrogen-bond acceptors (Lipinski definition) is 4. The van der Waals surface area contributed by atoms with Crippen molar-refractivity contribution in [2.75, 3.05) is 20.6 Å². The lowest BCUT2D eigenvalue weighted by Crippen LogP contribution is -2.51. The highest BCUT2D eigenvalue weighted by molar-refractivity contribution is 7.89. The number of rotatable bonds is 4. The van der Waals surface area contributed by atoms with Gasteiger partial charge >= 0.3 is 0 Å². The van der Waals surface area contributed by atoms with Gasteiger partial charge in [0.15, 0.2) is 0 Å². The van der Waals surface area contributed by atoms with Gasteiger partial charge in [-0.1, -0.05) is 6.07 Å². The fourth-order valence-electron chi connectivity index (χ4n) is 2.69. The number of sulfonamides is 1. The van der Waals surface area contributed by atoms with E-state index in [4.69, 9.17) is 0 Å². The fourth-order valence-corrected chi connectivity index (χ4v) is 3.47. The number of nitrogens with zero attached hydrogens (tertiary/aromatic N) is 1. The van der Waals surface area contributed by atoms with E-state index in [2.05, 4.69) is 10.0 Å². The lowest BCUT2D eigenvalue weighted by molar-refractivity contribution is -0.126. The van der Waals surface area contributed by atoms with Gasteiger partial charge in [0.05, 0.1) is 4.90 Å². The van der Waals surface area contributed by atoms with Crippen LogP contribution in [0.5, 0.6) is 0 Å². The number of amides is 2. The molecule has 0 aromatic heterocycles. The maximum atomic E-state index is 12.7. The highest BCUT2D eigenvalue weighted by atomic mass is 32.2. The number of benzene rings is 1. The molecule has 0 saturated carbocycles. The Labute approximate surface area is 136 Å². The first kappa shape index (κ1) is 17.4. The first-order chi connectivity index (χ1) is 10.9. The van der Waals surface area contributed by atoms with Crippen LogP contribution in [0.15, 0.2) is 29.2 Å². The van der Waals surface area contributed by atoms with Crippen LogP contribution in [0.2, 0.25) is 0 Å². The second-order valence-corrected chi connectivity index (χ2v) is 7.25. The van der Waals surface area contributed by atoms with E-state index in [1.54, 1.807) is 13.1 Å². The van der Waals surface area contributed by atoms with Gasteiger partial charge in [0.25, 0.3) is 5.91 Å². The quantitative estimate of drug-likeness (QED) is 0.827. The number of likely N-dealkylation sites (N-methyl/N-ethyl adjacent to an activating group) is 1. The Morgan fingerprint density at radius 2 is 1.96 bits per heavy atom. The van der Waals surface area contributed by atoms with Crippen LogP contribution in [0, 0.1) is 0 Å². The number of likely N-dealkylation sites (tertiary alicyclic amines) is 1. The molecule has 0 bridgehead atoms. The molecule has 2 amide bonds. The zero-order valence-corrected chi connectivity index (χ0v) is 14.0. The van der Waals surface area contributed by atoms with E-state index < -0.39 is 16.1 Å². The van der Waals surface area contributed by atoms with Crippen molar-refractivity contribution in [3.63, 3.8) is 0 Å². The van der Waals surface area contributed by atoms with Crippen molar-refractivity contribution in [2.24, 2.45) is 0 Å². The lowest BCUT2D eigenvalue weighted by Gasteiger charge is -2.34. The highest BCUT2D eigenvalue weighted by Gasteiger charge is 2.32. The molecule has 7 nitrogen and oxygen atoms in total. The molecule has 0 aliphatic carbocycles. The molecule has 1 heterocycles. The molecule has 23 heavy (non-hydrogen) atoms. The van der Waals surface area contributed by atoms with Crippen LogP contribution in [-0.2, 0) is 14.8 Å². The predicted octanol–water partition coefficient (Wildman–Crippen LogP) is 0.335. The van der Waals surface area contributed by atoms with E-state index in [0.717, 1.165) is 12.8 Å². The molecule has 0 spiro atoms. The Kier molecular flexibility index (Phi) is 5.38. The molecule has 8 heteroatoms. The van der Waals surface area contributed by atoms with Crippen LogP contribution < -0.4 is 10.0 Å². The van der Waals surface area contributed by atoms with Crippen molar-refractivity contribution in [1.82, 2.24) is 14.9 Å². The van der Waals surface area contributed by atoms with Crippen molar-refractivity contribution < 1.29 is 18.0 Å². The van der Waals surface area contributed by atoms with Gasteiger partial charge in [0.2, 0.25) is 15.9 Å². The van der Waals surface area contributed by atoms with Crippen molar-refractivity contribution >= 4 is 21.8 Å². The number of carbonyl (C=O) groups excluding carboxylic acids is 2. The summed E-state index contributed by atoms with van der Waals surface area (Å²) < 4.78 is 26.0. The molecule has 1 fully saturated rings. The van der Waals surface area contributed by atoms with Gasteiger partial charge in [-0.25, -0.2) is 13.1 Å². The number of piperidine rings is 1. The zero-order valence-electron chi connectivity index (χ0n) is 13.2. The topological polar surface area (TPSA) is 95.6 Å². The summed E-state index contributed by atoms with van der Waals surface area (Å²) in [7, 11) is -0.763. The third kappa shape index (κ3) is 3.70. The van der Waals surface area contributed by atoms with E-state index in [1.165, 1.54) is 30.1 Å². The molecule has 2 N–H and O–H groups in total. The maximum Gasteiger partial charge on any atom is 0.254 e. The van der Waals surface area contributed by atoms with E-state index >= 15 is 0 Å². The molecule has 2 rings (SSSR count). The summed E-state index contributed by atoms with van der Waals surface area (Å²) in [5.41, 5.74) is 0.261. The minimum Gasteiger partial charge on any atom is -0.357 e. The van der Waals surface area contributed by atoms with E-state index in [1.807, 2.05) is 0 Å². The lowest BCUT2D eigenvalue weighted by atomic mass is 10.00. The molecule has 1 aliphatic rings. The second kappa shape index (κ2) is 7.10. The Hall–Kier alpha value is -1.93. The molecule has 1 aromatic rings. The third-order valence-electron chi connectivity index (χ3n) is 3.97. The first-order valence-electron chi connectivity index (χ1n) is 7.47. The van der Waals surface area contributed by atoms with Crippen LogP contribution in [0.4, 0.5) is 0 Å². The summed E-state index contributed by atoms with van der Waals surface area (Å²) in [5, 5.41) is 2.58.